The van der Waals surface area contributed by atoms with Crippen LogP contribution in [0.25, 0.3) is 0 Å². The molecule has 144 valence electrons. The Hall–Kier alpha value is -2.48. The highest BCUT2D eigenvalue weighted by molar-refractivity contribution is 5.92. The summed E-state index contributed by atoms with van der Waals surface area (Å²) in [4.78, 5) is 42.8. The van der Waals surface area contributed by atoms with Crippen LogP contribution in [0.5, 0.6) is 0 Å². The molecule has 8 heteroatoms. The number of imidazole rings is 1. The van der Waals surface area contributed by atoms with Gasteiger partial charge >= 0.3 is 0 Å². The summed E-state index contributed by atoms with van der Waals surface area (Å²) in [6.45, 7) is 7.84. The third-order valence-electron chi connectivity index (χ3n) is 5.75. The lowest BCUT2D eigenvalue weighted by Gasteiger charge is -2.51. The van der Waals surface area contributed by atoms with Gasteiger partial charge in [0.2, 0.25) is 0 Å². The summed E-state index contributed by atoms with van der Waals surface area (Å²) in [5, 5.41) is 0. The summed E-state index contributed by atoms with van der Waals surface area (Å²) in [5.74, 6) is 0.446. The van der Waals surface area contributed by atoms with Crippen LogP contribution in [-0.4, -0.2) is 61.8 Å². The zero-order chi connectivity index (χ0) is 19.0. The Morgan fingerprint density at radius 2 is 2.00 bits per heavy atom. The fourth-order valence-electron chi connectivity index (χ4n) is 4.48. The first-order chi connectivity index (χ1) is 13.0. The number of rotatable bonds is 3. The van der Waals surface area contributed by atoms with Crippen LogP contribution in [0.4, 0.5) is 0 Å². The quantitative estimate of drug-likeness (QED) is 0.844. The van der Waals surface area contributed by atoms with Crippen molar-refractivity contribution in [2.45, 2.75) is 38.6 Å². The molecular weight excluding hydrogens is 344 g/mol. The van der Waals surface area contributed by atoms with E-state index in [4.69, 9.17) is 0 Å². The molecule has 2 aromatic heterocycles. The van der Waals surface area contributed by atoms with Crippen LogP contribution >= 0.6 is 0 Å². The number of hydrogen-bond donors (Lipinski definition) is 2. The minimum atomic E-state index is -0.304. The van der Waals surface area contributed by atoms with Crippen molar-refractivity contribution in [3.05, 3.63) is 46.2 Å². The molecule has 0 unspecified atom stereocenters. The van der Waals surface area contributed by atoms with Crippen LogP contribution in [0.1, 0.15) is 48.6 Å². The number of likely N-dealkylation sites (tertiary alicyclic amines) is 1. The third-order valence-corrected chi connectivity index (χ3v) is 5.75. The molecule has 0 saturated carbocycles. The molecule has 0 atom stereocenters. The van der Waals surface area contributed by atoms with Gasteiger partial charge in [0.15, 0.2) is 0 Å². The predicted molar refractivity (Wildman–Crippen MR) is 100 cm³/mol. The lowest BCUT2D eigenvalue weighted by atomic mass is 9.78. The number of nitrogens with zero attached hydrogens (tertiary/aromatic N) is 4. The van der Waals surface area contributed by atoms with E-state index in [1.165, 1.54) is 11.9 Å². The van der Waals surface area contributed by atoms with Crippen molar-refractivity contribution in [2.24, 2.45) is 5.92 Å². The van der Waals surface area contributed by atoms with E-state index in [0.717, 1.165) is 44.2 Å². The van der Waals surface area contributed by atoms with Gasteiger partial charge < -0.3 is 14.9 Å². The molecule has 2 aromatic rings. The Labute approximate surface area is 158 Å². The number of nitrogens with one attached hydrogen (secondary N) is 2. The molecule has 2 aliphatic heterocycles. The van der Waals surface area contributed by atoms with Crippen LogP contribution in [0.15, 0.2) is 23.5 Å². The van der Waals surface area contributed by atoms with Gasteiger partial charge in [-0.3, -0.25) is 14.5 Å². The van der Waals surface area contributed by atoms with Crippen molar-refractivity contribution in [1.82, 2.24) is 29.7 Å². The Morgan fingerprint density at radius 3 is 2.67 bits per heavy atom. The number of fused-ring (bicyclic) bond motifs is 2. The highest BCUT2D eigenvalue weighted by Gasteiger charge is 2.47. The van der Waals surface area contributed by atoms with Crippen molar-refractivity contribution in [2.75, 3.05) is 26.2 Å². The smallest absolute Gasteiger partial charge is 0.273 e. The number of H-pyrrole nitrogens is 2. The van der Waals surface area contributed by atoms with Gasteiger partial charge in [-0.2, -0.15) is 0 Å². The number of carbonyl (C=O) groups is 1. The van der Waals surface area contributed by atoms with E-state index in [-0.39, 0.29) is 22.7 Å². The second kappa shape index (κ2) is 6.92. The number of hydrogen-bond acceptors (Lipinski definition) is 5. The van der Waals surface area contributed by atoms with Gasteiger partial charge in [0.1, 0.15) is 5.69 Å². The van der Waals surface area contributed by atoms with Crippen molar-refractivity contribution >= 4 is 5.91 Å². The molecule has 0 bridgehead atoms. The van der Waals surface area contributed by atoms with E-state index in [9.17, 15) is 9.59 Å². The maximum Gasteiger partial charge on any atom is 0.273 e. The van der Waals surface area contributed by atoms with E-state index in [2.05, 4.69) is 38.7 Å². The van der Waals surface area contributed by atoms with Crippen LogP contribution in [-0.2, 0) is 12.0 Å². The largest absolute Gasteiger partial charge is 0.348 e. The summed E-state index contributed by atoms with van der Waals surface area (Å²) in [5.41, 5.74) is 2.27. The summed E-state index contributed by atoms with van der Waals surface area (Å²) in [6.07, 6.45) is 7.05. The molecule has 4 heterocycles. The molecule has 0 aromatic carbocycles. The molecule has 1 fully saturated rings. The second-order valence-electron chi connectivity index (χ2n) is 7.94. The van der Waals surface area contributed by atoms with Gasteiger partial charge in [0.25, 0.3) is 11.5 Å². The SMILES string of the molecule is CC(C)CN1CCc2[nH]cnc2C12CCN(C(=O)c1c[nH]c(=O)cn1)CC2. The number of piperidine rings is 1. The molecule has 8 nitrogen and oxygen atoms in total. The van der Waals surface area contributed by atoms with Gasteiger partial charge in [-0.25, -0.2) is 9.97 Å². The Kier molecular flexibility index (Phi) is 4.59. The maximum absolute atomic E-state index is 12.7. The predicted octanol–water partition coefficient (Wildman–Crippen LogP) is 1.14. The number of aromatic nitrogens is 4. The summed E-state index contributed by atoms with van der Waals surface area (Å²) in [6, 6.07) is 0. The molecule has 0 aliphatic carbocycles. The number of aromatic amines is 2. The molecule has 27 heavy (non-hydrogen) atoms. The van der Waals surface area contributed by atoms with Gasteiger partial charge in [-0.1, -0.05) is 13.8 Å². The van der Waals surface area contributed by atoms with E-state index in [1.54, 1.807) is 6.33 Å². The fourth-order valence-corrected chi connectivity index (χ4v) is 4.48. The average Bonchev–Trinajstić information content (AvgIpc) is 3.15. The van der Waals surface area contributed by atoms with Crippen LogP contribution in [0.3, 0.4) is 0 Å². The third kappa shape index (κ3) is 3.18. The number of amides is 1. The molecule has 4 rings (SSSR count). The van der Waals surface area contributed by atoms with Crippen molar-refractivity contribution < 1.29 is 4.79 Å². The van der Waals surface area contributed by atoms with E-state index < -0.39 is 0 Å². The fraction of sp³-hybridized carbons (Fsp3) is 0.579. The van der Waals surface area contributed by atoms with E-state index in [0.29, 0.717) is 19.0 Å². The zero-order valence-electron chi connectivity index (χ0n) is 15.9. The second-order valence-corrected chi connectivity index (χ2v) is 7.94. The minimum Gasteiger partial charge on any atom is -0.348 e. The molecule has 0 radical (unpaired) electrons. The molecular formula is C19H26N6O2. The molecule has 1 amide bonds. The van der Waals surface area contributed by atoms with Crippen molar-refractivity contribution in [3.8, 4) is 0 Å². The average molecular weight is 370 g/mol. The zero-order valence-corrected chi connectivity index (χ0v) is 15.9. The van der Waals surface area contributed by atoms with E-state index >= 15 is 0 Å². The standard InChI is InChI=1S/C19H26N6O2/c1-13(2)11-25-6-3-14-17(23-12-22-14)19(25)4-7-24(8-5-19)18(27)15-9-21-16(26)10-20-15/h9-10,12-13H,3-8,11H2,1-2H3,(H,21,26)(H,22,23). The van der Waals surface area contributed by atoms with Gasteiger partial charge in [-0.15, -0.1) is 0 Å². The monoisotopic (exact) mass is 370 g/mol. The molecule has 1 spiro atoms. The highest BCUT2D eigenvalue weighted by atomic mass is 16.2. The first-order valence-corrected chi connectivity index (χ1v) is 9.61. The minimum absolute atomic E-state index is 0.104. The first kappa shape index (κ1) is 17.9. The summed E-state index contributed by atoms with van der Waals surface area (Å²) >= 11 is 0. The molecule has 2 aliphatic rings. The maximum atomic E-state index is 12.7. The van der Waals surface area contributed by atoms with E-state index in [1.807, 2.05) is 4.90 Å². The van der Waals surface area contributed by atoms with Gasteiger partial charge in [-0.05, 0) is 18.8 Å². The number of carbonyl (C=O) groups excluding carboxylic acids is 1. The van der Waals surface area contributed by atoms with Crippen molar-refractivity contribution in [1.29, 1.82) is 0 Å². The summed E-state index contributed by atoms with van der Waals surface area (Å²) < 4.78 is 0. The van der Waals surface area contributed by atoms with Gasteiger partial charge in [0.05, 0.1) is 23.8 Å². The Morgan fingerprint density at radius 1 is 1.22 bits per heavy atom. The highest BCUT2D eigenvalue weighted by Crippen LogP contribution is 2.42. The lowest BCUT2D eigenvalue weighted by molar-refractivity contribution is 0.000445. The topological polar surface area (TPSA) is 98.0 Å². The van der Waals surface area contributed by atoms with Crippen LogP contribution in [0.2, 0.25) is 0 Å². The summed E-state index contributed by atoms with van der Waals surface area (Å²) in [7, 11) is 0. The normalized spacial score (nSPS) is 19.4. The molecule has 1 saturated heterocycles. The Balaban J connectivity index is 1.56. The van der Waals surface area contributed by atoms with Crippen molar-refractivity contribution in [3.63, 3.8) is 0 Å². The first-order valence-electron chi connectivity index (χ1n) is 9.61. The Bertz CT molecular complexity index is 858. The lowest BCUT2D eigenvalue weighted by Crippen LogP contribution is -2.57. The van der Waals surface area contributed by atoms with Crippen LogP contribution in [0, 0.1) is 5.92 Å². The molecule has 2 N–H and O–H groups in total. The van der Waals surface area contributed by atoms with Gasteiger partial charge in [0, 0.05) is 44.5 Å². The van der Waals surface area contributed by atoms with Crippen LogP contribution < -0.4 is 5.56 Å².